The number of methoxy groups -OCH3 is 1. The lowest BCUT2D eigenvalue weighted by molar-refractivity contribution is -0.130. The Labute approximate surface area is 200 Å². The molecular weight excluding hydrogens is 452 g/mol. The molecule has 1 aliphatic rings. The molecule has 6 nitrogen and oxygen atoms in total. The summed E-state index contributed by atoms with van der Waals surface area (Å²) in [5.41, 5.74) is 2.97. The molecule has 0 saturated carbocycles. The van der Waals surface area contributed by atoms with E-state index >= 15 is 0 Å². The zero-order valence-corrected chi connectivity index (χ0v) is 19.9. The van der Waals surface area contributed by atoms with E-state index in [1.807, 2.05) is 43.3 Å². The van der Waals surface area contributed by atoms with Gasteiger partial charge in [-0.1, -0.05) is 71.6 Å². The van der Waals surface area contributed by atoms with Crippen LogP contribution in [0.3, 0.4) is 0 Å². The zero-order chi connectivity index (χ0) is 22.8. The van der Waals surface area contributed by atoms with Gasteiger partial charge in [-0.3, -0.25) is 4.79 Å². The Hall–Kier alpha value is -3.23. The van der Waals surface area contributed by atoms with Crippen molar-refractivity contribution in [2.75, 3.05) is 12.9 Å². The summed E-state index contributed by atoms with van der Waals surface area (Å²) >= 11 is 2.90. The van der Waals surface area contributed by atoms with Gasteiger partial charge in [-0.05, 0) is 47.0 Å². The number of fused-ring (bicyclic) bond motifs is 1. The first-order chi connectivity index (χ1) is 16.1. The molecule has 8 heteroatoms. The Morgan fingerprint density at radius 2 is 1.88 bits per heavy atom. The monoisotopic (exact) mass is 474 g/mol. The highest BCUT2D eigenvalue weighted by Gasteiger charge is 2.33. The third-order valence-corrected chi connectivity index (χ3v) is 7.53. The van der Waals surface area contributed by atoms with Gasteiger partial charge in [0.1, 0.15) is 10.8 Å². The Bertz CT molecular complexity index is 1330. The van der Waals surface area contributed by atoms with Crippen LogP contribution in [0, 0.1) is 6.92 Å². The van der Waals surface area contributed by atoms with Crippen LogP contribution in [0.1, 0.15) is 28.6 Å². The molecule has 0 saturated heterocycles. The maximum absolute atomic E-state index is 13.3. The normalized spacial score (nSPS) is 15.6. The van der Waals surface area contributed by atoms with Crippen molar-refractivity contribution in [1.29, 1.82) is 0 Å². The second-order valence-electron chi connectivity index (χ2n) is 7.72. The number of nitrogens with zero attached hydrogens (tertiary/aromatic N) is 4. The second-order valence-corrected chi connectivity index (χ2v) is 10.1. The van der Waals surface area contributed by atoms with E-state index in [1.54, 1.807) is 12.1 Å². The van der Waals surface area contributed by atoms with Gasteiger partial charge in [-0.25, -0.2) is 5.01 Å². The number of aromatic nitrogens is 2. The van der Waals surface area contributed by atoms with Crippen LogP contribution in [0.5, 0.6) is 5.75 Å². The zero-order valence-electron chi connectivity index (χ0n) is 18.3. The first kappa shape index (κ1) is 21.6. The standard InChI is InChI=1S/C25H22N4O2S2/c1-16-26-27-25(33-16)32-15-24(30)29-23(18-9-11-21(31-2)12-10-18)14-22(28-29)20-8-7-17-5-3-4-6-19(17)13-20/h3-13,23H,14-15H2,1-2H3/t23-/m0/s1. The highest BCUT2D eigenvalue weighted by molar-refractivity contribution is 8.01. The van der Waals surface area contributed by atoms with Crippen molar-refractivity contribution >= 4 is 45.5 Å². The van der Waals surface area contributed by atoms with Gasteiger partial charge in [-0.2, -0.15) is 5.10 Å². The predicted molar refractivity (Wildman–Crippen MR) is 133 cm³/mol. The molecule has 4 aromatic rings. The van der Waals surface area contributed by atoms with Crippen LogP contribution >= 0.6 is 23.1 Å². The lowest BCUT2D eigenvalue weighted by Gasteiger charge is -2.22. The van der Waals surface area contributed by atoms with E-state index in [4.69, 9.17) is 9.84 Å². The minimum atomic E-state index is -0.165. The molecule has 0 spiro atoms. The number of carbonyl (C=O) groups excluding carboxylic acids is 1. The molecule has 0 radical (unpaired) electrons. The van der Waals surface area contributed by atoms with E-state index < -0.39 is 0 Å². The molecule has 166 valence electrons. The smallest absolute Gasteiger partial charge is 0.253 e. The van der Waals surface area contributed by atoms with Crippen LogP contribution in [-0.2, 0) is 4.79 Å². The molecule has 0 unspecified atom stereocenters. The quantitative estimate of drug-likeness (QED) is 0.346. The van der Waals surface area contributed by atoms with Crippen LogP contribution in [0.15, 0.2) is 76.2 Å². The fraction of sp³-hybridized carbons (Fsp3) is 0.200. The fourth-order valence-electron chi connectivity index (χ4n) is 3.90. The lowest BCUT2D eigenvalue weighted by atomic mass is 9.97. The van der Waals surface area contributed by atoms with Gasteiger partial charge < -0.3 is 4.74 Å². The van der Waals surface area contributed by atoms with E-state index in [9.17, 15) is 4.79 Å². The first-order valence-electron chi connectivity index (χ1n) is 10.6. The Kier molecular flexibility index (Phi) is 6.11. The van der Waals surface area contributed by atoms with Crippen LogP contribution < -0.4 is 4.74 Å². The summed E-state index contributed by atoms with van der Waals surface area (Å²) in [6, 6.07) is 22.3. The van der Waals surface area contributed by atoms with E-state index in [0.717, 1.165) is 37.3 Å². The van der Waals surface area contributed by atoms with Crippen molar-refractivity contribution in [2.45, 2.75) is 23.7 Å². The van der Waals surface area contributed by atoms with Gasteiger partial charge in [0.15, 0.2) is 4.34 Å². The highest BCUT2D eigenvalue weighted by Crippen LogP contribution is 2.35. The average Bonchev–Trinajstić information content (AvgIpc) is 3.49. The molecule has 1 aliphatic heterocycles. The number of amides is 1. The number of hydrazone groups is 1. The van der Waals surface area contributed by atoms with Crippen LogP contribution in [0.2, 0.25) is 0 Å². The van der Waals surface area contributed by atoms with E-state index in [1.165, 1.54) is 28.5 Å². The number of aryl methyl sites for hydroxylation is 1. The number of carbonyl (C=O) groups is 1. The van der Waals surface area contributed by atoms with Crippen molar-refractivity contribution in [3.05, 3.63) is 82.9 Å². The summed E-state index contributed by atoms with van der Waals surface area (Å²) in [4.78, 5) is 13.3. The average molecular weight is 475 g/mol. The number of ether oxygens (including phenoxy) is 1. The van der Waals surface area contributed by atoms with Crippen molar-refractivity contribution in [3.8, 4) is 5.75 Å². The number of rotatable bonds is 6. The number of benzene rings is 3. The minimum Gasteiger partial charge on any atom is -0.497 e. The molecule has 33 heavy (non-hydrogen) atoms. The molecule has 1 amide bonds. The van der Waals surface area contributed by atoms with Gasteiger partial charge in [0, 0.05) is 6.42 Å². The largest absolute Gasteiger partial charge is 0.497 e. The summed E-state index contributed by atoms with van der Waals surface area (Å²) in [5, 5.41) is 17.8. The molecule has 3 aromatic carbocycles. The summed E-state index contributed by atoms with van der Waals surface area (Å²) in [5.74, 6) is 0.993. The van der Waals surface area contributed by atoms with Crippen LogP contribution in [-0.4, -0.2) is 39.7 Å². The molecule has 0 N–H and O–H groups in total. The van der Waals surface area contributed by atoms with Crippen molar-refractivity contribution in [1.82, 2.24) is 15.2 Å². The molecule has 0 bridgehead atoms. The van der Waals surface area contributed by atoms with Crippen molar-refractivity contribution in [3.63, 3.8) is 0 Å². The van der Waals surface area contributed by atoms with Gasteiger partial charge >= 0.3 is 0 Å². The van der Waals surface area contributed by atoms with Gasteiger partial charge in [0.05, 0.1) is 24.6 Å². The summed E-state index contributed by atoms with van der Waals surface area (Å²) in [6.07, 6.45) is 0.652. The maximum Gasteiger partial charge on any atom is 0.253 e. The predicted octanol–water partition coefficient (Wildman–Crippen LogP) is 5.48. The van der Waals surface area contributed by atoms with Crippen molar-refractivity contribution < 1.29 is 9.53 Å². The third kappa shape index (κ3) is 4.62. The maximum atomic E-state index is 13.3. The van der Waals surface area contributed by atoms with Gasteiger partial charge in [0.25, 0.3) is 5.91 Å². The lowest BCUT2D eigenvalue weighted by Crippen LogP contribution is -2.28. The fourth-order valence-corrected chi connectivity index (χ4v) is 5.56. The molecule has 1 atom stereocenters. The van der Waals surface area contributed by atoms with E-state index in [2.05, 4.69) is 40.5 Å². The van der Waals surface area contributed by atoms with Crippen molar-refractivity contribution in [2.24, 2.45) is 5.10 Å². The van der Waals surface area contributed by atoms with Crippen LogP contribution in [0.4, 0.5) is 0 Å². The summed E-state index contributed by atoms with van der Waals surface area (Å²) < 4.78 is 6.09. The Morgan fingerprint density at radius 3 is 2.61 bits per heavy atom. The molecule has 0 fully saturated rings. The van der Waals surface area contributed by atoms with E-state index in [-0.39, 0.29) is 17.7 Å². The minimum absolute atomic E-state index is 0.0514. The highest BCUT2D eigenvalue weighted by atomic mass is 32.2. The van der Waals surface area contributed by atoms with Gasteiger partial charge in [0.2, 0.25) is 0 Å². The third-order valence-electron chi connectivity index (χ3n) is 5.58. The topological polar surface area (TPSA) is 67.7 Å². The number of thioether (sulfide) groups is 1. The first-order valence-corrected chi connectivity index (χ1v) is 12.4. The molecule has 5 rings (SSSR count). The molecule has 0 aliphatic carbocycles. The summed E-state index contributed by atoms with van der Waals surface area (Å²) in [6.45, 7) is 1.91. The molecule has 2 heterocycles. The van der Waals surface area contributed by atoms with Crippen LogP contribution in [0.25, 0.3) is 10.8 Å². The second kappa shape index (κ2) is 9.33. The summed E-state index contributed by atoms with van der Waals surface area (Å²) in [7, 11) is 1.65. The van der Waals surface area contributed by atoms with E-state index in [0.29, 0.717) is 6.42 Å². The Morgan fingerprint density at radius 1 is 1.09 bits per heavy atom. The number of hydrogen-bond acceptors (Lipinski definition) is 7. The van der Waals surface area contributed by atoms with Gasteiger partial charge in [-0.15, -0.1) is 10.2 Å². The Balaban J connectivity index is 1.44. The number of hydrogen-bond donors (Lipinski definition) is 0. The SMILES string of the molecule is COc1ccc([C@@H]2CC(c3ccc4ccccc4c3)=NN2C(=O)CSc2nnc(C)s2)cc1. The molecular formula is C25H22N4O2S2. The molecule has 1 aromatic heterocycles.